The van der Waals surface area contributed by atoms with Gasteiger partial charge in [0.25, 0.3) is 0 Å². The van der Waals surface area contributed by atoms with E-state index >= 15 is 0 Å². The van der Waals surface area contributed by atoms with Crippen molar-refractivity contribution in [3.8, 4) is 17.2 Å². The second-order valence-electron chi connectivity index (χ2n) is 4.54. The molecule has 0 atom stereocenters. The zero-order valence-electron chi connectivity index (χ0n) is 12.0. The number of rotatable bonds is 5. The maximum absolute atomic E-state index is 11.6. The van der Waals surface area contributed by atoms with Crippen LogP contribution in [0.4, 0.5) is 0 Å². The number of hydrogen-bond donors (Lipinski definition) is 2. The summed E-state index contributed by atoms with van der Waals surface area (Å²) in [7, 11) is 1.58. The Hall–Kier alpha value is -2.95. The van der Waals surface area contributed by atoms with E-state index in [0.29, 0.717) is 5.56 Å². The van der Waals surface area contributed by atoms with Crippen molar-refractivity contribution >= 4 is 12.0 Å². The summed E-state index contributed by atoms with van der Waals surface area (Å²) in [6.45, 7) is 0.161. The Morgan fingerprint density at radius 3 is 2.45 bits per heavy atom. The monoisotopic (exact) mass is 300 g/mol. The van der Waals surface area contributed by atoms with Gasteiger partial charge >= 0.3 is 5.97 Å². The molecule has 0 radical (unpaired) electrons. The predicted octanol–water partition coefficient (Wildman–Crippen LogP) is 2.86. The van der Waals surface area contributed by atoms with Crippen LogP contribution in [0.5, 0.6) is 17.2 Å². The number of phenolic OH excluding ortho intramolecular Hbond substituents is 2. The molecular formula is C17H16O5. The van der Waals surface area contributed by atoms with Gasteiger partial charge in [0.1, 0.15) is 12.4 Å². The lowest BCUT2D eigenvalue weighted by Gasteiger charge is -2.04. The molecule has 0 aliphatic rings. The summed E-state index contributed by atoms with van der Waals surface area (Å²) in [6, 6.07) is 11.5. The molecule has 0 aliphatic heterocycles. The minimum absolute atomic E-state index is 0.161. The second kappa shape index (κ2) is 7.17. The van der Waals surface area contributed by atoms with Gasteiger partial charge in [0.05, 0.1) is 7.11 Å². The molecule has 2 aromatic rings. The molecule has 0 spiro atoms. The van der Waals surface area contributed by atoms with Crippen LogP contribution in [0, 0.1) is 0 Å². The van der Waals surface area contributed by atoms with Crippen LogP contribution in [0.2, 0.25) is 0 Å². The molecule has 0 aliphatic carbocycles. The van der Waals surface area contributed by atoms with E-state index in [9.17, 15) is 15.0 Å². The molecule has 0 saturated heterocycles. The van der Waals surface area contributed by atoms with Gasteiger partial charge in [-0.1, -0.05) is 18.2 Å². The minimum Gasteiger partial charge on any atom is -0.504 e. The van der Waals surface area contributed by atoms with Gasteiger partial charge in [-0.15, -0.1) is 0 Å². The highest BCUT2D eigenvalue weighted by Gasteiger charge is 2.01. The highest BCUT2D eigenvalue weighted by molar-refractivity contribution is 5.87. The van der Waals surface area contributed by atoms with Crippen molar-refractivity contribution < 1.29 is 24.5 Å². The quantitative estimate of drug-likeness (QED) is 0.504. The number of benzene rings is 2. The molecule has 0 aromatic heterocycles. The number of carbonyl (C=O) groups excluding carboxylic acids is 1. The number of methoxy groups -OCH3 is 1. The van der Waals surface area contributed by atoms with Crippen molar-refractivity contribution in [2.75, 3.05) is 7.11 Å². The maximum atomic E-state index is 11.6. The van der Waals surface area contributed by atoms with Gasteiger partial charge in [-0.25, -0.2) is 4.79 Å². The number of phenols is 2. The average Bonchev–Trinajstić information content (AvgIpc) is 2.54. The van der Waals surface area contributed by atoms with Gasteiger partial charge in [0.2, 0.25) is 0 Å². The van der Waals surface area contributed by atoms with E-state index in [1.54, 1.807) is 25.3 Å². The largest absolute Gasteiger partial charge is 0.504 e. The zero-order chi connectivity index (χ0) is 15.9. The fourth-order valence-electron chi connectivity index (χ4n) is 1.73. The SMILES string of the molecule is COc1ccc(COC(=O)C=Cc2ccc(O)c(O)c2)cc1. The number of aromatic hydroxyl groups is 2. The number of ether oxygens (including phenoxy) is 2. The highest BCUT2D eigenvalue weighted by Crippen LogP contribution is 2.25. The Labute approximate surface area is 128 Å². The number of carbonyl (C=O) groups is 1. The van der Waals surface area contributed by atoms with Crippen LogP contribution in [-0.2, 0) is 16.1 Å². The fraction of sp³-hybridized carbons (Fsp3) is 0.118. The summed E-state index contributed by atoms with van der Waals surface area (Å²) in [4.78, 5) is 11.6. The van der Waals surface area contributed by atoms with Crippen LogP contribution in [0.15, 0.2) is 48.5 Å². The lowest BCUT2D eigenvalue weighted by molar-refractivity contribution is -0.138. The third-order valence-corrected chi connectivity index (χ3v) is 2.95. The van der Waals surface area contributed by atoms with Crippen LogP contribution in [0.3, 0.4) is 0 Å². The van der Waals surface area contributed by atoms with Gasteiger partial charge in [0.15, 0.2) is 11.5 Å². The van der Waals surface area contributed by atoms with E-state index in [0.717, 1.165) is 11.3 Å². The van der Waals surface area contributed by atoms with Gasteiger partial charge in [-0.05, 0) is 41.5 Å². The van der Waals surface area contributed by atoms with Crippen LogP contribution in [-0.4, -0.2) is 23.3 Å². The topological polar surface area (TPSA) is 76.0 Å². The standard InChI is InChI=1S/C17H16O5/c1-21-14-6-2-13(3-7-14)11-22-17(20)9-5-12-4-8-15(18)16(19)10-12/h2-10,18-19H,11H2,1H3. The first kappa shape index (κ1) is 15.4. The molecule has 114 valence electrons. The van der Waals surface area contributed by atoms with Gasteiger partial charge in [-0.3, -0.25) is 0 Å². The molecule has 0 saturated carbocycles. The first-order valence-electron chi connectivity index (χ1n) is 6.58. The first-order chi connectivity index (χ1) is 10.6. The highest BCUT2D eigenvalue weighted by atomic mass is 16.5. The molecule has 2 rings (SSSR count). The molecule has 2 N–H and O–H groups in total. The van der Waals surface area contributed by atoms with E-state index in [-0.39, 0.29) is 18.1 Å². The van der Waals surface area contributed by atoms with Crippen LogP contribution < -0.4 is 4.74 Å². The van der Waals surface area contributed by atoms with E-state index in [1.165, 1.54) is 24.3 Å². The van der Waals surface area contributed by atoms with Crippen molar-refractivity contribution in [2.45, 2.75) is 6.61 Å². The van der Waals surface area contributed by atoms with Gasteiger partial charge in [-0.2, -0.15) is 0 Å². The van der Waals surface area contributed by atoms with E-state index in [4.69, 9.17) is 9.47 Å². The summed E-state index contributed by atoms with van der Waals surface area (Å²) in [6.07, 6.45) is 2.75. The molecule has 22 heavy (non-hydrogen) atoms. The van der Waals surface area contributed by atoms with E-state index < -0.39 is 5.97 Å². The molecular weight excluding hydrogens is 284 g/mol. The Bertz CT molecular complexity index is 674. The Kier molecular flexibility index (Phi) is 5.03. The van der Waals surface area contributed by atoms with E-state index in [1.807, 2.05) is 12.1 Å². The van der Waals surface area contributed by atoms with Crippen LogP contribution >= 0.6 is 0 Å². The van der Waals surface area contributed by atoms with Crippen molar-refractivity contribution in [3.63, 3.8) is 0 Å². The molecule has 0 amide bonds. The summed E-state index contributed by atoms with van der Waals surface area (Å²) >= 11 is 0. The second-order valence-corrected chi connectivity index (χ2v) is 4.54. The maximum Gasteiger partial charge on any atom is 0.331 e. The predicted molar refractivity (Wildman–Crippen MR) is 81.6 cm³/mol. The molecule has 0 unspecified atom stereocenters. The molecule has 5 nitrogen and oxygen atoms in total. The zero-order valence-corrected chi connectivity index (χ0v) is 12.0. The minimum atomic E-state index is -0.497. The summed E-state index contributed by atoms with van der Waals surface area (Å²) < 4.78 is 10.1. The number of hydrogen-bond acceptors (Lipinski definition) is 5. The van der Waals surface area contributed by atoms with Crippen molar-refractivity contribution in [1.82, 2.24) is 0 Å². The third kappa shape index (κ3) is 4.28. The lowest BCUT2D eigenvalue weighted by Crippen LogP contribution is -2.00. The first-order valence-corrected chi connectivity index (χ1v) is 6.58. The van der Waals surface area contributed by atoms with Crippen molar-refractivity contribution in [2.24, 2.45) is 0 Å². The van der Waals surface area contributed by atoms with E-state index in [2.05, 4.69) is 0 Å². The van der Waals surface area contributed by atoms with Crippen LogP contribution in [0.1, 0.15) is 11.1 Å². The molecule has 0 heterocycles. The smallest absolute Gasteiger partial charge is 0.331 e. The molecule has 2 aromatic carbocycles. The fourth-order valence-corrected chi connectivity index (χ4v) is 1.73. The molecule has 0 fully saturated rings. The Morgan fingerprint density at radius 1 is 1.09 bits per heavy atom. The van der Waals surface area contributed by atoms with Crippen molar-refractivity contribution in [1.29, 1.82) is 0 Å². The van der Waals surface area contributed by atoms with Crippen molar-refractivity contribution in [3.05, 3.63) is 59.7 Å². The third-order valence-electron chi connectivity index (χ3n) is 2.95. The normalized spacial score (nSPS) is 10.6. The van der Waals surface area contributed by atoms with Gasteiger partial charge in [0, 0.05) is 6.08 Å². The Balaban J connectivity index is 1.89. The average molecular weight is 300 g/mol. The summed E-state index contributed by atoms with van der Waals surface area (Å²) in [5.41, 5.74) is 1.43. The Morgan fingerprint density at radius 2 is 1.82 bits per heavy atom. The molecule has 0 bridgehead atoms. The summed E-state index contributed by atoms with van der Waals surface area (Å²) in [5, 5.41) is 18.5. The lowest BCUT2D eigenvalue weighted by atomic mass is 10.2. The van der Waals surface area contributed by atoms with Gasteiger partial charge < -0.3 is 19.7 Å². The molecule has 5 heteroatoms. The summed E-state index contributed by atoms with van der Waals surface area (Å²) in [5.74, 6) is -0.210. The van der Waals surface area contributed by atoms with Crippen LogP contribution in [0.25, 0.3) is 6.08 Å². The number of esters is 1.